The predicted molar refractivity (Wildman–Crippen MR) is 62.7 cm³/mol. The molecule has 5 nitrogen and oxygen atoms in total. The number of anilines is 2. The van der Waals surface area contributed by atoms with Crippen LogP contribution in [0.1, 0.15) is 11.5 Å². The van der Waals surface area contributed by atoms with Crippen molar-refractivity contribution in [2.75, 3.05) is 11.1 Å². The van der Waals surface area contributed by atoms with Crippen LogP contribution in [-0.2, 0) is 6.54 Å². The minimum absolute atomic E-state index is 0.625. The summed E-state index contributed by atoms with van der Waals surface area (Å²) in [5.74, 6) is 1.55. The number of nitrogens with one attached hydrogen (secondary N) is 1. The molecule has 0 amide bonds. The fourth-order valence-electron chi connectivity index (χ4n) is 1.29. The van der Waals surface area contributed by atoms with E-state index in [0.29, 0.717) is 12.2 Å². The van der Waals surface area contributed by atoms with Gasteiger partial charge in [-0.1, -0.05) is 0 Å². The smallest absolute Gasteiger partial charge is 0.126 e. The Kier molecular flexibility index (Phi) is 2.95. The van der Waals surface area contributed by atoms with Gasteiger partial charge in [-0.05, 0) is 25.1 Å². The summed E-state index contributed by atoms with van der Waals surface area (Å²) in [6.07, 6.45) is 3.36. The minimum atomic E-state index is 0.625. The van der Waals surface area contributed by atoms with Crippen LogP contribution in [0.25, 0.3) is 0 Å². The molecule has 82 valence electrons. The van der Waals surface area contributed by atoms with Crippen molar-refractivity contribution in [3.8, 4) is 0 Å². The summed E-state index contributed by atoms with van der Waals surface area (Å²) in [5.41, 5.74) is 7.14. The van der Waals surface area contributed by atoms with Crippen molar-refractivity contribution >= 4 is 11.5 Å². The van der Waals surface area contributed by atoms with Gasteiger partial charge in [0.05, 0.1) is 24.1 Å². The Labute approximate surface area is 93.8 Å². The van der Waals surface area contributed by atoms with E-state index in [2.05, 4.69) is 20.3 Å². The van der Waals surface area contributed by atoms with Gasteiger partial charge in [0.2, 0.25) is 0 Å². The van der Waals surface area contributed by atoms with Gasteiger partial charge in [-0.3, -0.25) is 0 Å². The predicted octanol–water partition coefficient (Wildman–Crippen LogP) is 1.37. The van der Waals surface area contributed by atoms with Gasteiger partial charge in [-0.2, -0.15) is 0 Å². The minimum Gasteiger partial charge on any atom is -0.397 e. The molecule has 0 aliphatic rings. The Hall–Kier alpha value is -2.17. The molecule has 2 heterocycles. The first-order chi connectivity index (χ1) is 7.74. The van der Waals surface area contributed by atoms with Crippen LogP contribution in [-0.4, -0.2) is 15.0 Å². The van der Waals surface area contributed by atoms with Gasteiger partial charge in [0.15, 0.2) is 0 Å². The molecule has 0 saturated heterocycles. The molecule has 3 N–H and O–H groups in total. The molecular formula is C11H13N5. The maximum Gasteiger partial charge on any atom is 0.126 e. The molecule has 0 fully saturated rings. The molecule has 2 aromatic rings. The second-order valence-corrected chi connectivity index (χ2v) is 3.43. The number of pyridine rings is 1. The van der Waals surface area contributed by atoms with Crippen molar-refractivity contribution in [2.24, 2.45) is 0 Å². The van der Waals surface area contributed by atoms with Crippen molar-refractivity contribution in [1.82, 2.24) is 15.0 Å². The van der Waals surface area contributed by atoms with Gasteiger partial charge in [0.25, 0.3) is 0 Å². The van der Waals surface area contributed by atoms with Gasteiger partial charge in [0.1, 0.15) is 11.6 Å². The summed E-state index contributed by atoms with van der Waals surface area (Å²) in [6.45, 7) is 2.49. The van der Waals surface area contributed by atoms with E-state index in [1.54, 1.807) is 18.5 Å². The third-order valence-corrected chi connectivity index (χ3v) is 2.07. The highest BCUT2D eigenvalue weighted by atomic mass is 15.0. The summed E-state index contributed by atoms with van der Waals surface area (Å²) in [6, 6.07) is 5.52. The van der Waals surface area contributed by atoms with Crippen molar-refractivity contribution < 1.29 is 0 Å². The summed E-state index contributed by atoms with van der Waals surface area (Å²) < 4.78 is 0. The SMILES string of the molecule is Cc1nccc(CNc2ccc(N)cn2)n1. The van der Waals surface area contributed by atoms with Crippen LogP contribution in [0.5, 0.6) is 0 Å². The van der Waals surface area contributed by atoms with Gasteiger partial charge >= 0.3 is 0 Å². The number of aryl methyl sites for hydroxylation is 1. The maximum atomic E-state index is 5.54. The van der Waals surface area contributed by atoms with Crippen LogP contribution in [0.15, 0.2) is 30.6 Å². The molecule has 0 saturated carbocycles. The van der Waals surface area contributed by atoms with Crippen LogP contribution in [0, 0.1) is 6.92 Å². The molecule has 0 unspecified atom stereocenters. The van der Waals surface area contributed by atoms with Crippen molar-refractivity contribution in [2.45, 2.75) is 13.5 Å². The van der Waals surface area contributed by atoms with Crippen molar-refractivity contribution in [3.05, 3.63) is 42.1 Å². The van der Waals surface area contributed by atoms with Gasteiger partial charge in [-0.15, -0.1) is 0 Å². The van der Waals surface area contributed by atoms with Crippen molar-refractivity contribution in [3.63, 3.8) is 0 Å². The zero-order chi connectivity index (χ0) is 11.4. The van der Waals surface area contributed by atoms with Crippen LogP contribution >= 0.6 is 0 Å². The number of hydrogen-bond donors (Lipinski definition) is 2. The molecular weight excluding hydrogens is 202 g/mol. The first-order valence-corrected chi connectivity index (χ1v) is 4.98. The molecule has 5 heteroatoms. The zero-order valence-electron chi connectivity index (χ0n) is 9.01. The topological polar surface area (TPSA) is 76.7 Å². The molecule has 0 aliphatic heterocycles. The highest BCUT2D eigenvalue weighted by molar-refractivity contribution is 5.43. The van der Waals surface area contributed by atoms with Crippen LogP contribution < -0.4 is 11.1 Å². The highest BCUT2D eigenvalue weighted by Gasteiger charge is 1.97. The number of rotatable bonds is 3. The van der Waals surface area contributed by atoms with E-state index in [0.717, 1.165) is 17.3 Å². The van der Waals surface area contributed by atoms with Gasteiger partial charge in [-0.25, -0.2) is 15.0 Å². The average Bonchev–Trinajstić information content (AvgIpc) is 2.28. The quantitative estimate of drug-likeness (QED) is 0.808. The van der Waals surface area contributed by atoms with Crippen LogP contribution in [0.3, 0.4) is 0 Å². The van der Waals surface area contributed by atoms with Crippen molar-refractivity contribution in [1.29, 1.82) is 0 Å². The van der Waals surface area contributed by atoms with E-state index in [1.165, 1.54) is 0 Å². The summed E-state index contributed by atoms with van der Waals surface area (Å²) in [7, 11) is 0. The first-order valence-electron chi connectivity index (χ1n) is 4.98. The van der Waals surface area contributed by atoms with Gasteiger partial charge < -0.3 is 11.1 Å². The second kappa shape index (κ2) is 4.57. The van der Waals surface area contributed by atoms with E-state index in [9.17, 15) is 0 Å². The summed E-state index contributed by atoms with van der Waals surface area (Å²) >= 11 is 0. The first kappa shape index (κ1) is 10.4. The third kappa shape index (κ3) is 2.66. The van der Waals surface area contributed by atoms with Crippen LogP contribution in [0.4, 0.5) is 11.5 Å². The lowest BCUT2D eigenvalue weighted by Gasteiger charge is -2.05. The Morgan fingerprint density at radius 1 is 1.25 bits per heavy atom. The number of aromatic nitrogens is 3. The normalized spacial score (nSPS) is 10.1. The standard InChI is InChI=1S/C11H13N5/c1-8-13-5-4-10(16-8)7-15-11-3-2-9(12)6-14-11/h2-6H,7,12H2,1H3,(H,14,15). The van der Waals surface area contributed by atoms with Crippen LogP contribution in [0.2, 0.25) is 0 Å². The Morgan fingerprint density at radius 3 is 2.81 bits per heavy atom. The molecule has 0 aliphatic carbocycles. The number of nitrogen functional groups attached to an aromatic ring is 1. The number of hydrogen-bond acceptors (Lipinski definition) is 5. The average molecular weight is 215 g/mol. The molecule has 2 rings (SSSR count). The monoisotopic (exact) mass is 215 g/mol. The fraction of sp³-hybridized carbons (Fsp3) is 0.182. The lowest BCUT2D eigenvalue weighted by Crippen LogP contribution is -2.04. The van der Waals surface area contributed by atoms with E-state index in [1.807, 2.05) is 19.1 Å². The Morgan fingerprint density at radius 2 is 2.12 bits per heavy atom. The summed E-state index contributed by atoms with van der Waals surface area (Å²) in [5, 5.41) is 3.16. The number of nitrogens with zero attached hydrogens (tertiary/aromatic N) is 3. The van der Waals surface area contributed by atoms with E-state index in [4.69, 9.17) is 5.73 Å². The molecule has 0 aromatic carbocycles. The molecule has 0 spiro atoms. The Bertz CT molecular complexity index is 466. The zero-order valence-corrected chi connectivity index (χ0v) is 9.01. The largest absolute Gasteiger partial charge is 0.397 e. The maximum absolute atomic E-state index is 5.54. The third-order valence-electron chi connectivity index (χ3n) is 2.07. The molecule has 0 radical (unpaired) electrons. The van der Waals surface area contributed by atoms with E-state index < -0.39 is 0 Å². The highest BCUT2D eigenvalue weighted by Crippen LogP contribution is 2.07. The van der Waals surface area contributed by atoms with Gasteiger partial charge in [0, 0.05) is 6.20 Å². The van der Waals surface area contributed by atoms with E-state index >= 15 is 0 Å². The van der Waals surface area contributed by atoms with E-state index in [-0.39, 0.29) is 0 Å². The number of nitrogens with two attached hydrogens (primary N) is 1. The lowest BCUT2D eigenvalue weighted by molar-refractivity contribution is 0.950. The molecule has 0 bridgehead atoms. The molecule has 2 aromatic heterocycles. The second-order valence-electron chi connectivity index (χ2n) is 3.43. The molecule has 0 atom stereocenters. The fourth-order valence-corrected chi connectivity index (χ4v) is 1.29. The Balaban J connectivity index is 1.99. The molecule has 16 heavy (non-hydrogen) atoms. The summed E-state index contributed by atoms with van der Waals surface area (Å²) in [4.78, 5) is 12.5. The lowest BCUT2D eigenvalue weighted by atomic mass is 10.3.